The first-order valence-corrected chi connectivity index (χ1v) is 6.72. The minimum Gasteiger partial charge on any atom is -0.347 e. The van der Waals surface area contributed by atoms with Crippen LogP contribution in [0.2, 0.25) is 5.02 Å². The maximum Gasteiger partial charge on any atom is 0.132 e. The minimum atomic E-state index is 0.674. The molecule has 0 aliphatic rings. The summed E-state index contributed by atoms with van der Waals surface area (Å²) < 4.78 is 0.674. The Bertz CT molecular complexity index is 619. The van der Waals surface area contributed by atoms with E-state index in [0.29, 0.717) is 11.1 Å². The molecule has 0 radical (unpaired) electrons. The predicted octanol–water partition coefficient (Wildman–Crippen LogP) is 4.25. The second-order valence-electron chi connectivity index (χ2n) is 4.21. The van der Waals surface area contributed by atoms with Crippen LogP contribution in [0.25, 0.3) is 0 Å². The van der Waals surface area contributed by atoms with Gasteiger partial charge in [0.15, 0.2) is 0 Å². The van der Waals surface area contributed by atoms with Crippen LogP contribution < -0.4 is 0 Å². The molecule has 0 bridgehead atoms. The molecule has 0 fully saturated rings. The molecular formula is C14H15ClN2S. The van der Waals surface area contributed by atoms with E-state index in [1.807, 2.05) is 31.2 Å². The average molecular weight is 279 g/mol. The van der Waals surface area contributed by atoms with Gasteiger partial charge in [-0.3, -0.25) is 0 Å². The number of H-pyrrole nitrogens is 1. The fraction of sp³-hybridized carbons (Fsp3) is 0.286. The third kappa shape index (κ3) is 2.79. The van der Waals surface area contributed by atoms with Crippen LogP contribution in [0.5, 0.6) is 0 Å². The number of halogens is 1. The lowest BCUT2D eigenvalue weighted by atomic mass is 10.1. The molecule has 2 rings (SSSR count). The molecule has 1 heterocycles. The van der Waals surface area contributed by atoms with Crippen molar-refractivity contribution in [3.63, 3.8) is 0 Å². The monoisotopic (exact) mass is 278 g/mol. The molecule has 2 aromatic rings. The Balaban J connectivity index is 2.39. The first-order chi connectivity index (χ1) is 8.61. The smallest absolute Gasteiger partial charge is 0.132 e. The highest BCUT2D eigenvalue weighted by molar-refractivity contribution is 7.71. The molecule has 0 amide bonds. The van der Waals surface area contributed by atoms with Crippen LogP contribution in [0.1, 0.15) is 29.6 Å². The van der Waals surface area contributed by atoms with Crippen molar-refractivity contribution < 1.29 is 0 Å². The molecule has 0 saturated heterocycles. The quantitative estimate of drug-likeness (QED) is 0.850. The first kappa shape index (κ1) is 13.2. The Morgan fingerprint density at radius 3 is 2.72 bits per heavy atom. The van der Waals surface area contributed by atoms with Crippen molar-refractivity contribution in [3.8, 4) is 0 Å². The summed E-state index contributed by atoms with van der Waals surface area (Å²) in [5.74, 6) is 0.871. The topological polar surface area (TPSA) is 28.7 Å². The number of aromatic amines is 1. The zero-order valence-corrected chi connectivity index (χ0v) is 12.0. The molecule has 1 N–H and O–H groups in total. The SMILES string of the molecule is CCc1[nH]c(Cc2ccccc2Cl)nc(=S)c1C. The predicted molar refractivity (Wildman–Crippen MR) is 77.8 cm³/mol. The summed E-state index contributed by atoms with van der Waals surface area (Å²) in [7, 11) is 0. The van der Waals surface area contributed by atoms with Crippen molar-refractivity contribution >= 4 is 23.8 Å². The summed E-state index contributed by atoms with van der Waals surface area (Å²) in [6, 6.07) is 7.80. The highest BCUT2D eigenvalue weighted by Gasteiger charge is 2.06. The van der Waals surface area contributed by atoms with Crippen LogP contribution in [-0.2, 0) is 12.8 Å². The third-order valence-electron chi connectivity index (χ3n) is 2.97. The lowest BCUT2D eigenvalue weighted by molar-refractivity contribution is 0.881. The molecule has 1 aromatic carbocycles. The minimum absolute atomic E-state index is 0.674. The standard InChI is InChI=1S/C14H15ClN2S/c1-3-12-9(2)14(18)17-13(16-12)8-10-6-4-5-7-11(10)15/h4-7H,3,8H2,1-2H3,(H,16,17,18). The van der Waals surface area contributed by atoms with Crippen molar-refractivity contribution in [2.75, 3.05) is 0 Å². The highest BCUT2D eigenvalue weighted by Crippen LogP contribution is 2.18. The zero-order valence-electron chi connectivity index (χ0n) is 10.5. The molecule has 0 aliphatic heterocycles. The Morgan fingerprint density at radius 2 is 2.06 bits per heavy atom. The van der Waals surface area contributed by atoms with E-state index < -0.39 is 0 Å². The van der Waals surface area contributed by atoms with Gasteiger partial charge in [0.25, 0.3) is 0 Å². The summed E-state index contributed by atoms with van der Waals surface area (Å²) in [6.45, 7) is 4.11. The van der Waals surface area contributed by atoms with Gasteiger partial charge in [-0.05, 0) is 25.0 Å². The van der Waals surface area contributed by atoms with Crippen LogP contribution in [0, 0.1) is 11.6 Å². The van der Waals surface area contributed by atoms with Gasteiger partial charge >= 0.3 is 0 Å². The van der Waals surface area contributed by atoms with Gasteiger partial charge in [-0.25, -0.2) is 4.98 Å². The fourth-order valence-corrected chi connectivity index (χ4v) is 2.33. The molecule has 2 nitrogen and oxygen atoms in total. The van der Waals surface area contributed by atoms with Crippen LogP contribution >= 0.6 is 23.8 Å². The number of rotatable bonds is 3. The fourth-order valence-electron chi connectivity index (χ4n) is 1.89. The van der Waals surface area contributed by atoms with E-state index >= 15 is 0 Å². The lowest BCUT2D eigenvalue weighted by Gasteiger charge is -2.08. The van der Waals surface area contributed by atoms with Gasteiger partial charge < -0.3 is 4.98 Å². The third-order valence-corrected chi connectivity index (χ3v) is 3.74. The molecule has 0 atom stereocenters. The molecular weight excluding hydrogens is 264 g/mol. The van der Waals surface area contributed by atoms with Gasteiger partial charge in [0.2, 0.25) is 0 Å². The van der Waals surface area contributed by atoms with Gasteiger partial charge in [0.1, 0.15) is 10.5 Å². The maximum absolute atomic E-state index is 6.15. The summed E-state index contributed by atoms with van der Waals surface area (Å²) in [5, 5.41) is 0.761. The number of aromatic nitrogens is 2. The van der Waals surface area contributed by atoms with Crippen LogP contribution in [0.15, 0.2) is 24.3 Å². The van der Waals surface area contributed by atoms with Crippen molar-refractivity contribution in [2.45, 2.75) is 26.7 Å². The zero-order chi connectivity index (χ0) is 13.1. The highest BCUT2D eigenvalue weighted by atomic mass is 35.5. The molecule has 0 aliphatic carbocycles. The Morgan fingerprint density at radius 1 is 1.33 bits per heavy atom. The largest absolute Gasteiger partial charge is 0.347 e. The second kappa shape index (κ2) is 5.63. The number of benzene rings is 1. The van der Waals surface area contributed by atoms with Gasteiger partial charge in [0, 0.05) is 22.7 Å². The number of nitrogens with one attached hydrogen (secondary N) is 1. The number of nitrogens with zero attached hydrogens (tertiary/aromatic N) is 1. The van der Waals surface area contributed by atoms with E-state index in [9.17, 15) is 0 Å². The van der Waals surface area contributed by atoms with E-state index in [2.05, 4.69) is 16.9 Å². The Labute approximate surface area is 117 Å². The number of hydrogen-bond donors (Lipinski definition) is 1. The van der Waals surface area contributed by atoms with E-state index in [0.717, 1.165) is 34.1 Å². The van der Waals surface area contributed by atoms with Crippen LogP contribution in [0.4, 0.5) is 0 Å². The maximum atomic E-state index is 6.15. The number of hydrogen-bond acceptors (Lipinski definition) is 2. The molecule has 0 unspecified atom stereocenters. The summed E-state index contributed by atoms with van der Waals surface area (Å²) in [5.41, 5.74) is 3.27. The van der Waals surface area contributed by atoms with Crippen molar-refractivity contribution in [1.82, 2.24) is 9.97 Å². The van der Waals surface area contributed by atoms with E-state index in [1.165, 1.54) is 0 Å². The molecule has 1 aromatic heterocycles. The van der Waals surface area contributed by atoms with Crippen molar-refractivity contribution in [3.05, 3.63) is 56.6 Å². The van der Waals surface area contributed by atoms with Crippen LogP contribution in [-0.4, -0.2) is 9.97 Å². The second-order valence-corrected chi connectivity index (χ2v) is 5.01. The van der Waals surface area contributed by atoms with E-state index in [1.54, 1.807) is 0 Å². The average Bonchev–Trinajstić information content (AvgIpc) is 2.36. The number of aryl methyl sites for hydroxylation is 1. The Kier molecular flexibility index (Phi) is 4.15. The van der Waals surface area contributed by atoms with Gasteiger partial charge in [0.05, 0.1) is 0 Å². The van der Waals surface area contributed by atoms with Crippen molar-refractivity contribution in [2.24, 2.45) is 0 Å². The molecule has 94 valence electrons. The van der Waals surface area contributed by atoms with Gasteiger partial charge in [-0.1, -0.05) is 48.9 Å². The van der Waals surface area contributed by atoms with Gasteiger partial charge in [-0.2, -0.15) is 0 Å². The van der Waals surface area contributed by atoms with Crippen LogP contribution in [0.3, 0.4) is 0 Å². The Hall–Kier alpha value is -1.19. The molecule has 18 heavy (non-hydrogen) atoms. The van der Waals surface area contributed by atoms with Gasteiger partial charge in [-0.15, -0.1) is 0 Å². The van der Waals surface area contributed by atoms with E-state index in [-0.39, 0.29) is 0 Å². The molecule has 0 saturated carbocycles. The normalized spacial score (nSPS) is 10.6. The summed E-state index contributed by atoms with van der Waals surface area (Å²) in [4.78, 5) is 7.76. The molecule has 4 heteroatoms. The van der Waals surface area contributed by atoms with Crippen molar-refractivity contribution in [1.29, 1.82) is 0 Å². The lowest BCUT2D eigenvalue weighted by Crippen LogP contribution is -2.03. The molecule has 0 spiro atoms. The summed E-state index contributed by atoms with van der Waals surface area (Å²) >= 11 is 11.4. The first-order valence-electron chi connectivity index (χ1n) is 5.94. The van der Waals surface area contributed by atoms with E-state index in [4.69, 9.17) is 23.8 Å². The summed E-state index contributed by atoms with van der Waals surface area (Å²) in [6.07, 6.45) is 1.60.